The molecule has 0 spiro atoms. The Morgan fingerprint density at radius 2 is 1.78 bits per heavy atom. The van der Waals surface area contributed by atoms with Crippen LogP contribution >= 0.6 is 0 Å². The summed E-state index contributed by atoms with van der Waals surface area (Å²) < 4.78 is 20.6. The van der Waals surface area contributed by atoms with E-state index in [0.29, 0.717) is 25.6 Å². The molecule has 0 saturated heterocycles. The number of hydrogen-bond donors (Lipinski definition) is 1. The number of nitrogens with zero attached hydrogens (tertiary/aromatic N) is 2. The largest absolute Gasteiger partial charge is 0.383 e. The quantitative estimate of drug-likeness (QED) is 0.604. The first-order chi connectivity index (χ1) is 13.1. The van der Waals surface area contributed by atoms with Crippen molar-refractivity contribution in [1.29, 1.82) is 0 Å². The van der Waals surface area contributed by atoms with E-state index in [1.165, 1.54) is 23.3 Å². The molecule has 0 bridgehead atoms. The number of benzene rings is 2. The predicted octanol–water partition coefficient (Wildman–Crippen LogP) is 5.07. The van der Waals surface area contributed by atoms with Gasteiger partial charge in [-0.15, -0.1) is 0 Å². The molecular formula is C22H26FN3O. The Bertz CT molecular complexity index is 854. The van der Waals surface area contributed by atoms with E-state index in [0.717, 1.165) is 17.2 Å². The Labute approximate surface area is 160 Å². The fraction of sp³-hybridized carbons (Fsp3) is 0.318. The van der Waals surface area contributed by atoms with Crippen molar-refractivity contribution in [3.05, 3.63) is 71.7 Å². The highest BCUT2D eigenvalue weighted by Crippen LogP contribution is 2.24. The van der Waals surface area contributed by atoms with E-state index < -0.39 is 0 Å². The van der Waals surface area contributed by atoms with Gasteiger partial charge in [0.05, 0.1) is 18.5 Å². The Morgan fingerprint density at radius 1 is 1.07 bits per heavy atom. The number of hydrogen-bond acceptors (Lipinski definition) is 3. The second kappa shape index (κ2) is 8.82. The summed E-state index contributed by atoms with van der Waals surface area (Å²) in [6.07, 6.45) is 1.81. The van der Waals surface area contributed by atoms with Crippen molar-refractivity contribution >= 4 is 5.95 Å². The Balaban J connectivity index is 1.79. The fourth-order valence-electron chi connectivity index (χ4n) is 2.98. The first kappa shape index (κ1) is 19.1. The standard InChI is InChI=1S/C22H26FN3O/c1-16(2)18-6-4-17(5-7-18)14-24-22-25-15-21(26(22)12-13-27-3)19-8-10-20(23)11-9-19/h4-11,15-16H,12-14H2,1-3H3,(H,24,25). The van der Waals surface area contributed by atoms with Gasteiger partial charge in [-0.1, -0.05) is 38.1 Å². The van der Waals surface area contributed by atoms with E-state index in [9.17, 15) is 4.39 Å². The molecule has 3 rings (SSSR count). The molecule has 4 nitrogen and oxygen atoms in total. The average Bonchev–Trinajstić information content (AvgIpc) is 3.08. The third-order valence-corrected chi connectivity index (χ3v) is 4.61. The number of imidazole rings is 1. The topological polar surface area (TPSA) is 39.1 Å². The molecule has 0 aliphatic carbocycles. The smallest absolute Gasteiger partial charge is 0.203 e. The van der Waals surface area contributed by atoms with Gasteiger partial charge < -0.3 is 14.6 Å². The highest BCUT2D eigenvalue weighted by molar-refractivity contribution is 5.61. The summed E-state index contributed by atoms with van der Waals surface area (Å²) in [6.45, 7) is 6.30. The summed E-state index contributed by atoms with van der Waals surface area (Å²) in [4.78, 5) is 4.53. The second-order valence-electron chi connectivity index (χ2n) is 6.87. The van der Waals surface area contributed by atoms with Gasteiger partial charge in [0.15, 0.2) is 0 Å². The predicted molar refractivity (Wildman–Crippen MR) is 107 cm³/mol. The molecule has 0 saturated carbocycles. The first-order valence-corrected chi connectivity index (χ1v) is 9.21. The molecule has 0 atom stereocenters. The van der Waals surface area contributed by atoms with Crippen LogP contribution in [0.3, 0.4) is 0 Å². The Kier molecular flexibility index (Phi) is 6.24. The molecular weight excluding hydrogens is 341 g/mol. The lowest BCUT2D eigenvalue weighted by atomic mass is 10.0. The lowest BCUT2D eigenvalue weighted by Crippen LogP contribution is -2.11. The zero-order chi connectivity index (χ0) is 19.2. The van der Waals surface area contributed by atoms with E-state index in [2.05, 4.69) is 53.0 Å². The van der Waals surface area contributed by atoms with E-state index in [4.69, 9.17) is 4.74 Å². The minimum atomic E-state index is -0.245. The van der Waals surface area contributed by atoms with Crippen molar-refractivity contribution in [1.82, 2.24) is 9.55 Å². The van der Waals surface area contributed by atoms with Crippen LogP contribution in [0.2, 0.25) is 0 Å². The van der Waals surface area contributed by atoms with E-state index >= 15 is 0 Å². The normalized spacial score (nSPS) is 11.1. The highest BCUT2D eigenvalue weighted by atomic mass is 19.1. The maximum absolute atomic E-state index is 13.2. The van der Waals surface area contributed by atoms with Crippen molar-refractivity contribution in [2.75, 3.05) is 19.0 Å². The number of ether oxygens (including phenoxy) is 1. The summed E-state index contributed by atoms with van der Waals surface area (Å²) >= 11 is 0. The van der Waals surface area contributed by atoms with Gasteiger partial charge in [0, 0.05) is 25.8 Å². The molecule has 0 amide bonds. The lowest BCUT2D eigenvalue weighted by molar-refractivity contribution is 0.188. The van der Waals surface area contributed by atoms with Gasteiger partial charge in [0.25, 0.3) is 0 Å². The van der Waals surface area contributed by atoms with Crippen molar-refractivity contribution in [3.8, 4) is 11.3 Å². The van der Waals surface area contributed by atoms with Gasteiger partial charge in [-0.2, -0.15) is 0 Å². The van der Waals surface area contributed by atoms with Crippen LogP contribution in [0.25, 0.3) is 11.3 Å². The summed E-state index contributed by atoms with van der Waals surface area (Å²) in [5.74, 6) is 1.06. The van der Waals surface area contributed by atoms with Crippen molar-refractivity contribution in [2.24, 2.45) is 0 Å². The van der Waals surface area contributed by atoms with Crippen LogP contribution in [0.1, 0.15) is 30.9 Å². The maximum Gasteiger partial charge on any atom is 0.203 e. The van der Waals surface area contributed by atoms with Crippen LogP contribution in [-0.2, 0) is 17.8 Å². The van der Waals surface area contributed by atoms with Gasteiger partial charge in [-0.25, -0.2) is 9.37 Å². The zero-order valence-electron chi connectivity index (χ0n) is 16.1. The van der Waals surface area contributed by atoms with E-state index in [1.54, 1.807) is 19.2 Å². The van der Waals surface area contributed by atoms with Crippen LogP contribution < -0.4 is 5.32 Å². The van der Waals surface area contributed by atoms with Crippen LogP contribution in [0.15, 0.2) is 54.7 Å². The summed E-state index contributed by atoms with van der Waals surface area (Å²) in [5.41, 5.74) is 4.39. The number of aromatic nitrogens is 2. The molecule has 0 unspecified atom stereocenters. The van der Waals surface area contributed by atoms with E-state index in [1.807, 2.05) is 6.20 Å². The molecule has 142 valence electrons. The minimum Gasteiger partial charge on any atom is -0.383 e. The van der Waals surface area contributed by atoms with Gasteiger partial charge in [-0.05, 0) is 41.3 Å². The molecule has 0 aliphatic heterocycles. The van der Waals surface area contributed by atoms with Crippen LogP contribution in [0.5, 0.6) is 0 Å². The monoisotopic (exact) mass is 367 g/mol. The fourth-order valence-corrected chi connectivity index (χ4v) is 2.98. The Morgan fingerprint density at radius 3 is 2.41 bits per heavy atom. The number of anilines is 1. The van der Waals surface area contributed by atoms with Gasteiger partial charge >= 0.3 is 0 Å². The molecule has 0 radical (unpaired) electrons. The third kappa shape index (κ3) is 4.74. The number of nitrogens with one attached hydrogen (secondary N) is 1. The summed E-state index contributed by atoms with van der Waals surface area (Å²) in [6, 6.07) is 15.1. The molecule has 1 aromatic heterocycles. The highest BCUT2D eigenvalue weighted by Gasteiger charge is 2.12. The summed E-state index contributed by atoms with van der Waals surface area (Å²) in [5, 5.41) is 3.41. The summed E-state index contributed by atoms with van der Waals surface area (Å²) in [7, 11) is 1.68. The van der Waals surface area contributed by atoms with Crippen LogP contribution in [0, 0.1) is 5.82 Å². The molecule has 3 aromatic rings. The lowest BCUT2D eigenvalue weighted by Gasteiger charge is -2.13. The first-order valence-electron chi connectivity index (χ1n) is 9.21. The maximum atomic E-state index is 13.2. The number of halogens is 1. The Hall–Kier alpha value is -2.66. The molecule has 5 heteroatoms. The van der Waals surface area contributed by atoms with Gasteiger partial charge in [0.1, 0.15) is 5.82 Å². The van der Waals surface area contributed by atoms with Crippen molar-refractivity contribution in [2.45, 2.75) is 32.9 Å². The molecule has 0 fully saturated rings. The molecule has 1 heterocycles. The molecule has 27 heavy (non-hydrogen) atoms. The SMILES string of the molecule is COCCn1c(-c2ccc(F)cc2)cnc1NCc1ccc(C(C)C)cc1. The minimum absolute atomic E-state index is 0.245. The van der Waals surface area contributed by atoms with Crippen molar-refractivity contribution in [3.63, 3.8) is 0 Å². The number of methoxy groups -OCH3 is 1. The van der Waals surface area contributed by atoms with Crippen LogP contribution in [0.4, 0.5) is 10.3 Å². The molecule has 0 aliphatic rings. The second-order valence-corrected chi connectivity index (χ2v) is 6.87. The third-order valence-electron chi connectivity index (χ3n) is 4.61. The average molecular weight is 367 g/mol. The van der Waals surface area contributed by atoms with Crippen molar-refractivity contribution < 1.29 is 9.13 Å². The van der Waals surface area contributed by atoms with Crippen LogP contribution in [-0.4, -0.2) is 23.3 Å². The van der Waals surface area contributed by atoms with Gasteiger partial charge in [0.2, 0.25) is 5.95 Å². The van der Waals surface area contributed by atoms with Gasteiger partial charge in [-0.3, -0.25) is 0 Å². The zero-order valence-corrected chi connectivity index (χ0v) is 16.1. The molecule has 1 N–H and O–H groups in total. The molecule has 2 aromatic carbocycles. The number of rotatable bonds is 8. The van der Waals surface area contributed by atoms with E-state index in [-0.39, 0.29) is 5.82 Å².